The highest BCUT2D eigenvalue weighted by Gasteiger charge is 2.26. The lowest BCUT2D eigenvalue weighted by atomic mass is 9.78. The molecule has 0 spiro atoms. The average molecular weight is 285 g/mol. The Hall–Kier alpha value is -1.91. The second kappa shape index (κ2) is 5.84. The molecule has 0 bridgehead atoms. The van der Waals surface area contributed by atoms with Gasteiger partial charge in [-0.15, -0.1) is 5.10 Å². The summed E-state index contributed by atoms with van der Waals surface area (Å²) in [4.78, 5) is 0. The molecular formula is C16H23N5. The molecule has 3 unspecified atom stereocenters. The predicted molar refractivity (Wildman–Crippen MR) is 83.5 cm³/mol. The number of aryl methyl sites for hydroxylation is 1. The molecule has 1 aromatic heterocycles. The quantitative estimate of drug-likeness (QED) is 0.941. The fourth-order valence-electron chi connectivity index (χ4n) is 3.20. The molecule has 1 saturated carbocycles. The third-order valence-electron chi connectivity index (χ3n) is 4.78. The van der Waals surface area contributed by atoms with Crippen molar-refractivity contribution in [1.82, 2.24) is 20.2 Å². The molecule has 3 atom stereocenters. The number of anilines is 1. The SMILES string of the molecule is Cc1nnnn1-c1cccc(NC2CCCC(C)C2C)c1. The number of rotatable bonds is 3. The van der Waals surface area contributed by atoms with Crippen LogP contribution in [0.5, 0.6) is 0 Å². The summed E-state index contributed by atoms with van der Waals surface area (Å²) in [7, 11) is 0. The zero-order valence-electron chi connectivity index (χ0n) is 13.0. The van der Waals surface area contributed by atoms with Gasteiger partial charge in [0.2, 0.25) is 0 Å². The van der Waals surface area contributed by atoms with Gasteiger partial charge in [0.15, 0.2) is 5.82 Å². The van der Waals surface area contributed by atoms with E-state index in [0.29, 0.717) is 12.0 Å². The third-order valence-corrected chi connectivity index (χ3v) is 4.78. The van der Waals surface area contributed by atoms with Gasteiger partial charge in [-0.2, -0.15) is 4.68 Å². The standard InChI is InChI=1S/C16H23N5/c1-11-6-4-9-16(12(11)2)17-14-7-5-8-15(10-14)21-13(3)18-19-20-21/h5,7-8,10-12,16-17H,4,6,9H2,1-3H3. The van der Waals surface area contributed by atoms with Gasteiger partial charge in [-0.3, -0.25) is 0 Å². The van der Waals surface area contributed by atoms with E-state index in [-0.39, 0.29) is 0 Å². The smallest absolute Gasteiger partial charge is 0.153 e. The van der Waals surface area contributed by atoms with Gasteiger partial charge < -0.3 is 5.32 Å². The number of benzene rings is 1. The van der Waals surface area contributed by atoms with Crippen molar-refractivity contribution in [2.45, 2.75) is 46.1 Å². The Bertz CT molecular complexity index is 606. The topological polar surface area (TPSA) is 55.6 Å². The van der Waals surface area contributed by atoms with E-state index in [4.69, 9.17) is 0 Å². The molecule has 5 heteroatoms. The largest absolute Gasteiger partial charge is 0.382 e. The van der Waals surface area contributed by atoms with E-state index < -0.39 is 0 Å². The lowest BCUT2D eigenvalue weighted by molar-refractivity contribution is 0.253. The fraction of sp³-hybridized carbons (Fsp3) is 0.562. The van der Waals surface area contributed by atoms with Crippen molar-refractivity contribution < 1.29 is 0 Å². The zero-order chi connectivity index (χ0) is 14.8. The van der Waals surface area contributed by atoms with Crippen LogP contribution in [-0.2, 0) is 0 Å². The van der Waals surface area contributed by atoms with Crippen molar-refractivity contribution in [2.24, 2.45) is 11.8 Å². The summed E-state index contributed by atoms with van der Waals surface area (Å²) in [5.41, 5.74) is 2.15. The monoisotopic (exact) mass is 285 g/mol. The molecule has 1 fully saturated rings. The molecular weight excluding hydrogens is 262 g/mol. The maximum atomic E-state index is 4.03. The van der Waals surface area contributed by atoms with Crippen LogP contribution in [0.3, 0.4) is 0 Å². The molecule has 21 heavy (non-hydrogen) atoms. The van der Waals surface area contributed by atoms with Crippen LogP contribution in [-0.4, -0.2) is 26.2 Å². The van der Waals surface area contributed by atoms with Crippen molar-refractivity contribution in [1.29, 1.82) is 0 Å². The molecule has 1 aliphatic rings. The van der Waals surface area contributed by atoms with E-state index in [2.05, 4.69) is 52.9 Å². The second-order valence-corrected chi connectivity index (χ2v) is 6.21. The summed E-state index contributed by atoms with van der Waals surface area (Å²) in [6.45, 7) is 6.63. The van der Waals surface area contributed by atoms with Crippen molar-refractivity contribution in [3.8, 4) is 5.69 Å². The Kier molecular flexibility index (Phi) is 3.90. The Labute approximate surface area is 125 Å². The highest BCUT2D eigenvalue weighted by molar-refractivity contribution is 5.51. The minimum Gasteiger partial charge on any atom is -0.382 e. The maximum Gasteiger partial charge on any atom is 0.153 e. The molecule has 2 aromatic rings. The molecule has 0 radical (unpaired) electrons. The van der Waals surface area contributed by atoms with Crippen LogP contribution in [0.4, 0.5) is 5.69 Å². The molecule has 1 heterocycles. The summed E-state index contributed by atoms with van der Waals surface area (Å²) in [6, 6.07) is 8.88. The Morgan fingerprint density at radius 2 is 2.10 bits per heavy atom. The van der Waals surface area contributed by atoms with Gasteiger partial charge in [0.25, 0.3) is 0 Å². The van der Waals surface area contributed by atoms with Crippen molar-refractivity contribution >= 4 is 5.69 Å². The van der Waals surface area contributed by atoms with Crippen LogP contribution in [0, 0.1) is 18.8 Å². The van der Waals surface area contributed by atoms with Gasteiger partial charge in [0.05, 0.1) is 5.69 Å². The van der Waals surface area contributed by atoms with E-state index in [1.54, 1.807) is 4.68 Å². The molecule has 0 aliphatic heterocycles. The highest BCUT2D eigenvalue weighted by Crippen LogP contribution is 2.31. The Balaban J connectivity index is 1.79. The number of hydrogen-bond donors (Lipinski definition) is 1. The van der Waals surface area contributed by atoms with Gasteiger partial charge in [-0.25, -0.2) is 0 Å². The number of aromatic nitrogens is 4. The number of hydrogen-bond acceptors (Lipinski definition) is 4. The first-order valence-electron chi connectivity index (χ1n) is 7.77. The van der Waals surface area contributed by atoms with E-state index in [0.717, 1.165) is 23.1 Å². The van der Waals surface area contributed by atoms with Crippen molar-refractivity contribution in [3.05, 3.63) is 30.1 Å². The minimum absolute atomic E-state index is 0.555. The van der Waals surface area contributed by atoms with Gasteiger partial charge in [0, 0.05) is 11.7 Å². The van der Waals surface area contributed by atoms with Crippen LogP contribution in [0.2, 0.25) is 0 Å². The Morgan fingerprint density at radius 1 is 1.24 bits per heavy atom. The molecule has 1 aromatic carbocycles. The minimum atomic E-state index is 0.555. The van der Waals surface area contributed by atoms with E-state index in [1.165, 1.54) is 19.3 Å². The first kappa shape index (κ1) is 14.0. The van der Waals surface area contributed by atoms with Crippen molar-refractivity contribution in [2.75, 3.05) is 5.32 Å². The van der Waals surface area contributed by atoms with Crippen LogP contribution < -0.4 is 5.32 Å². The lowest BCUT2D eigenvalue weighted by Gasteiger charge is -2.35. The molecule has 0 amide bonds. The van der Waals surface area contributed by atoms with Crippen molar-refractivity contribution in [3.63, 3.8) is 0 Å². The summed E-state index contributed by atoms with van der Waals surface area (Å²) < 4.78 is 1.76. The summed E-state index contributed by atoms with van der Waals surface area (Å²) >= 11 is 0. The van der Waals surface area contributed by atoms with Gasteiger partial charge in [-0.05, 0) is 53.8 Å². The van der Waals surface area contributed by atoms with Crippen LogP contribution in [0.25, 0.3) is 5.69 Å². The summed E-state index contributed by atoms with van der Waals surface area (Å²) in [5, 5.41) is 15.4. The predicted octanol–water partition coefficient (Wildman–Crippen LogP) is 3.21. The van der Waals surface area contributed by atoms with Crippen LogP contribution >= 0.6 is 0 Å². The third kappa shape index (κ3) is 2.91. The molecule has 3 rings (SSSR count). The highest BCUT2D eigenvalue weighted by atomic mass is 15.5. The van der Waals surface area contributed by atoms with E-state index in [1.807, 2.05) is 13.0 Å². The molecule has 1 N–H and O–H groups in total. The number of nitrogens with one attached hydrogen (secondary N) is 1. The first-order chi connectivity index (χ1) is 10.1. The zero-order valence-corrected chi connectivity index (χ0v) is 13.0. The average Bonchev–Trinajstić information content (AvgIpc) is 2.90. The molecule has 1 aliphatic carbocycles. The molecule has 5 nitrogen and oxygen atoms in total. The van der Waals surface area contributed by atoms with Gasteiger partial charge in [-0.1, -0.05) is 32.8 Å². The summed E-state index contributed by atoms with van der Waals surface area (Å²) in [6.07, 6.45) is 3.91. The Morgan fingerprint density at radius 3 is 2.86 bits per heavy atom. The normalized spacial score (nSPS) is 25.8. The number of tetrazole rings is 1. The fourth-order valence-corrected chi connectivity index (χ4v) is 3.20. The van der Waals surface area contributed by atoms with Gasteiger partial charge >= 0.3 is 0 Å². The van der Waals surface area contributed by atoms with Crippen LogP contribution in [0.15, 0.2) is 24.3 Å². The van der Waals surface area contributed by atoms with Crippen LogP contribution in [0.1, 0.15) is 38.9 Å². The lowest BCUT2D eigenvalue weighted by Crippen LogP contribution is -2.35. The number of nitrogens with zero attached hydrogens (tertiary/aromatic N) is 4. The molecule has 0 saturated heterocycles. The molecule has 112 valence electrons. The summed E-state index contributed by atoms with van der Waals surface area (Å²) in [5.74, 6) is 2.30. The van der Waals surface area contributed by atoms with E-state index >= 15 is 0 Å². The van der Waals surface area contributed by atoms with Gasteiger partial charge in [0.1, 0.15) is 0 Å². The maximum absolute atomic E-state index is 4.03. The second-order valence-electron chi connectivity index (χ2n) is 6.21. The van der Waals surface area contributed by atoms with E-state index in [9.17, 15) is 0 Å². The first-order valence-corrected chi connectivity index (χ1v) is 7.77.